The van der Waals surface area contributed by atoms with Crippen molar-refractivity contribution in [3.05, 3.63) is 28.2 Å². The topological polar surface area (TPSA) is 64.0 Å². The molecule has 0 saturated heterocycles. The van der Waals surface area contributed by atoms with Crippen LogP contribution in [-0.2, 0) is 7.05 Å². The first-order chi connectivity index (χ1) is 8.06. The zero-order chi connectivity index (χ0) is 12.4. The number of nitrogens with zero attached hydrogens (tertiary/aromatic N) is 2. The van der Waals surface area contributed by atoms with Crippen LogP contribution in [0.1, 0.15) is 36.7 Å². The number of carbonyl (C=O) groups excluding carboxylic acids is 1. The van der Waals surface area contributed by atoms with E-state index in [9.17, 15) is 9.59 Å². The first-order valence-electron chi connectivity index (χ1n) is 5.91. The summed E-state index contributed by atoms with van der Waals surface area (Å²) in [4.78, 5) is 23.0. The van der Waals surface area contributed by atoms with E-state index in [-0.39, 0.29) is 17.5 Å². The lowest BCUT2D eigenvalue weighted by molar-refractivity contribution is 0.0930. The SMILES string of the molecule is CC1CCC(NC(=O)c2ccc(=O)n(C)n2)C1. The molecule has 5 nitrogen and oxygen atoms in total. The summed E-state index contributed by atoms with van der Waals surface area (Å²) >= 11 is 0. The van der Waals surface area contributed by atoms with E-state index in [0.717, 1.165) is 19.3 Å². The second-order valence-corrected chi connectivity index (χ2v) is 4.77. The molecule has 1 amide bonds. The maximum absolute atomic E-state index is 11.9. The lowest BCUT2D eigenvalue weighted by atomic mass is 10.1. The third kappa shape index (κ3) is 2.72. The van der Waals surface area contributed by atoms with Crippen molar-refractivity contribution < 1.29 is 4.79 Å². The number of hydrogen-bond acceptors (Lipinski definition) is 3. The average Bonchev–Trinajstić information content (AvgIpc) is 2.68. The van der Waals surface area contributed by atoms with Crippen molar-refractivity contribution in [1.82, 2.24) is 15.1 Å². The summed E-state index contributed by atoms with van der Waals surface area (Å²) in [5.74, 6) is 0.480. The number of aryl methyl sites for hydroxylation is 1. The molecule has 1 aliphatic rings. The standard InChI is InChI=1S/C12H17N3O2/c1-8-3-4-9(7-8)13-12(17)10-5-6-11(16)15(2)14-10/h5-6,8-9H,3-4,7H2,1-2H3,(H,13,17). The monoisotopic (exact) mass is 235 g/mol. The minimum atomic E-state index is -0.212. The summed E-state index contributed by atoms with van der Waals surface area (Å²) in [5, 5.41) is 6.88. The summed E-state index contributed by atoms with van der Waals surface area (Å²) in [5.41, 5.74) is 0.0858. The third-order valence-corrected chi connectivity index (χ3v) is 3.22. The smallest absolute Gasteiger partial charge is 0.271 e. The van der Waals surface area contributed by atoms with E-state index in [1.54, 1.807) is 0 Å². The van der Waals surface area contributed by atoms with E-state index >= 15 is 0 Å². The van der Waals surface area contributed by atoms with Gasteiger partial charge in [-0.1, -0.05) is 6.92 Å². The van der Waals surface area contributed by atoms with Gasteiger partial charge in [0.05, 0.1) is 0 Å². The van der Waals surface area contributed by atoms with Crippen LogP contribution >= 0.6 is 0 Å². The van der Waals surface area contributed by atoms with Crippen LogP contribution < -0.4 is 10.9 Å². The van der Waals surface area contributed by atoms with E-state index < -0.39 is 0 Å². The van der Waals surface area contributed by atoms with Crippen molar-refractivity contribution in [3.8, 4) is 0 Å². The van der Waals surface area contributed by atoms with Crippen molar-refractivity contribution in [2.45, 2.75) is 32.2 Å². The maximum atomic E-state index is 11.9. The molecular formula is C12H17N3O2. The highest BCUT2D eigenvalue weighted by Gasteiger charge is 2.23. The second kappa shape index (κ2) is 4.69. The molecule has 0 aromatic carbocycles. The Kier molecular flexibility index (Phi) is 3.26. The molecule has 0 bridgehead atoms. The zero-order valence-corrected chi connectivity index (χ0v) is 10.1. The fourth-order valence-electron chi connectivity index (χ4n) is 2.22. The molecule has 1 aromatic heterocycles. The maximum Gasteiger partial charge on any atom is 0.271 e. The summed E-state index contributed by atoms with van der Waals surface area (Å²) in [6.07, 6.45) is 3.21. The normalized spacial score (nSPS) is 23.6. The van der Waals surface area contributed by atoms with E-state index in [2.05, 4.69) is 17.3 Å². The lowest BCUT2D eigenvalue weighted by Crippen LogP contribution is -2.34. The third-order valence-electron chi connectivity index (χ3n) is 3.22. The van der Waals surface area contributed by atoms with Crippen molar-refractivity contribution in [2.75, 3.05) is 0 Å². The quantitative estimate of drug-likeness (QED) is 0.820. The molecule has 0 radical (unpaired) electrons. The fourth-order valence-corrected chi connectivity index (χ4v) is 2.22. The van der Waals surface area contributed by atoms with E-state index in [1.807, 2.05) is 0 Å². The highest BCUT2D eigenvalue weighted by atomic mass is 16.2. The van der Waals surface area contributed by atoms with Crippen molar-refractivity contribution in [1.29, 1.82) is 0 Å². The van der Waals surface area contributed by atoms with E-state index in [4.69, 9.17) is 0 Å². The zero-order valence-electron chi connectivity index (χ0n) is 10.1. The first-order valence-corrected chi connectivity index (χ1v) is 5.91. The number of carbonyl (C=O) groups is 1. The molecule has 1 saturated carbocycles. The van der Waals surface area contributed by atoms with Crippen LogP contribution in [0, 0.1) is 5.92 Å². The highest BCUT2D eigenvalue weighted by Crippen LogP contribution is 2.24. The molecule has 2 atom stereocenters. The Bertz CT molecular complexity index is 481. The van der Waals surface area contributed by atoms with Gasteiger partial charge in [-0.05, 0) is 31.2 Å². The first kappa shape index (κ1) is 11.8. The lowest BCUT2D eigenvalue weighted by Gasteiger charge is -2.11. The molecule has 5 heteroatoms. The second-order valence-electron chi connectivity index (χ2n) is 4.77. The minimum absolute atomic E-state index is 0.195. The highest BCUT2D eigenvalue weighted by molar-refractivity contribution is 5.92. The fraction of sp³-hybridized carbons (Fsp3) is 0.583. The molecular weight excluding hydrogens is 218 g/mol. The van der Waals surface area contributed by atoms with Gasteiger partial charge in [-0.2, -0.15) is 5.10 Å². The minimum Gasteiger partial charge on any atom is -0.348 e. The van der Waals surface area contributed by atoms with Gasteiger partial charge < -0.3 is 5.32 Å². The van der Waals surface area contributed by atoms with Crippen LogP contribution in [0.4, 0.5) is 0 Å². The Morgan fingerprint density at radius 2 is 2.24 bits per heavy atom. The van der Waals surface area contributed by atoms with Gasteiger partial charge in [0.2, 0.25) is 0 Å². The predicted octanol–water partition coefficient (Wildman–Crippen LogP) is 0.699. The van der Waals surface area contributed by atoms with Crippen LogP contribution in [0.15, 0.2) is 16.9 Å². The van der Waals surface area contributed by atoms with Gasteiger partial charge in [-0.3, -0.25) is 9.59 Å². The van der Waals surface area contributed by atoms with E-state index in [1.165, 1.54) is 23.9 Å². The molecule has 1 aliphatic carbocycles. The predicted molar refractivity (Wildman–Crippen MR) is 63.7 cm³/mol. The van der Waals surface area contributed by atoms with Gasteiger partial charge >= 0.3 is 0 Å². The number of aromatic nitrogens is 2. The summed E-state index contributed by atoms with van der Waals surface area (Å²) in [7, 11) is 1.54. The molecule has 0 spiro atoms. The Hall–Kier alpha value is -1.65. The number of nitrogens with one attached hydrogen (secondary N) is 1. The van der Waals surface area contributed by atoms with Crippen LogP contribution in [0.3, 0.4) is 0 Å². The van der Waals surface area contributed by atoms with Crippen LogP contribution in [-0.4, -0.2) is 21.7 Å². The molecule has 1 N–H and O–H groups in total. The number of rotatable bonds is 2. The molecule has 1 aromatic rings. The van der Waals surface area contributed by atoms with Gasteiger partial charge in [0, 0.05) is 19.2 Å². The molecule has 0 aliphatic heterocycles. The Morgan fingerprint density at radius 1 is 1.47 bits per heavy atom. The van der Waals surface area contributed by atoms with E-state index in [0.29, 0.717) is 11.6 Å². The molecule has 2 unspecified atom stereocenters. The molecule has 92 valence electrons. The van der Waals surface area contributed by atoms with Crippen molar-refractivity contribution >= 4 is 5.91 Å². The van der Waals surface area contributed by atoms with Gasteiger partial charge in [-0.15, -0.1) is 0 Å². The van der Waals surface area contributed by atoms with Gasteiger partial charge in [0.25, 0.3) is 11.5 Å². The molecule has 1 fully saturated rings. The number of hydrogen-bond donors (Lipinski definition) is 1. The van der Waals surface area contributed by atoms with Crippen molar-refractivity contribution in [2.24, 2.45) is 13.0 Å². The molecule has 1 heterocycles. The van der Waals surface area contributed by atoms with Gasteiger partial charge in [-0.25, -0.2) is 4.68 Å². The van der Waals surface area contributed by atoms with Gasteiger partial charge in [0.15, 0.2) is 0 Å². The van der Waals surface area contributed by atoms with Crippen LogP contribution in [0.5, 0.6) is 0 Å². The van der Waals surface area contributed by atoms with Crippen LogP contribution in [0.25, 0.3) is 0 Å². The molecule has 17 heavy (non-hydrogen) atoms. The summed E-state index contributed by atoms with van der Waals surface area (Å²) in [6.45, 7) is 2.19. The van der Waals surface area contributed by atoms with Crippen molar-refractivity contribution in [3.63, 3.8) is 0 Å². The van der Waals surface area contributed by atoms with Crippen LogP contribution in [0.2, 0.25) is 0 Å². The number of amides is 1. The summed E-state index contributed by atoms with van der Waals surface area (Å²) < 4.78 is 1.17. The Labute approximate surface area is 99.8 Å². The Balaban J connectivity index is 2.04. The summed E-state index contributed by atoms with van der Waals surface area (Å²) in [6, 6.07) is 3.08. The molecule has 2 rings (SSSR count). The average molecular weight is 235 g/mol. The Morgan fingerprint density at radius 3 is 2.82 bits per heavy atom. The van der Waals surface area contributed by atoms with Gasteiger partial charge in [0.1, 0.15) is 5.69 Å². The largest absolute Gasteiger partial charge is 0.348 e.